The molecule has 1 aromatic heterocycles. The van der Waals surface area contributed by atoms with Gasteiger partial charge in [0.2, 0.25) is 0 Å². The van der Waals surface area contributed by atoms with Crippen molar-refractivity contribution in [3.05, 3.63) is 50.1 Å². The van der Waals surface area contributed by atoms with E-state index in [2.05, 4.69) is 11.8 Å². The molecule has 0 aliphatic rings. The van der Waals surface area contributed by atoms with E-state index in [1.165, 1.54) is 0 Å². The Kier molecular flexibility index (Phi) is 5.12. The highest BCUT2D eigenvalue weighted by molar-refractivity contribution is 7.12. The quantitative estimate of drug-likeness (QED) is 0.871. The van der Waals surface area contributed by atoms with Gasteiger partial charge in [-0.1, -0.05) is 41.1 Å². The topological polar surface area (TPSA) is 35.2 Å². The molecule has 0 spiro atoms. The number of benzene rings is 1. The van der Waals surface area contributed by atoms with E-state index in [4.69, 9.17) is 33.7 Å². The molecular weight excluding hydrogens is 301 g/mol. The predicted octanol–water partition coefficient (Wildman–Crippen LogP) is 3.94. The van der Waals surface area contributed by atoms with Crippen LogP contribution in [0.5, 0.6) is 5.75 Å². The monoisotopic (exact) mass is 311 g/mol. The van der Waals surface area contributed by atoms with Crippen molar-refractivity contribution in [1.29, 1.82) is 0 Å². The minimum atomic E-state index is 0.363. The second kappa shape index (κ2) is 6.83. The second-order valence-electron chi connectivity index (χ2n) is 3.61. The minimum absolute atomic E-state index is 0.363. The van der Waals surface area contributed by atoms with Gasteiger partial charge in [-0.05, 0) is 24.3 Å². The normalized spacial score (nSPS) is 9.84. The van der Waals surface area contributed by atoms with Gasteiger partial charge >= 0.3 is 0 Å². The van der Waals surface area contributed by atoms with Crippen molar-refractivity contribution in [2.24, 2.45) is 5.73 Å². The Labute approximate surface area is 126 Å². The van der Waals surface area contributed by atoms with Crippen molar-refractivity contribution in [2.75, 3.05) is 6.54 Å². The molecule has 2 aromatic rings. The maximum atomic E-state index is 6.04. The number of ether oxygens (including phenoxy) is 1. The van der Waals surface area contributed by atoms with Crippen LogP contribution in [0.3, 0.4) is 0 Å². The van der Waals surface area contributed by atoms with Gasteiger partial charge < -0.3 is 10.5 Å². The molecule has 2 N–H and O–H groups in total. The third-order valence-corrected chi connectivity index (χ3v) is 4.04. The number of nitrogens with two attached hydrogens (primary N) is 1. The molecule has 2 rings (SSSR count). The van der Waals surface area contributed by atoms with Crippen molar-refractivity contribution < 1.29 is 4.74 Å². The van der Waals surface area contributed by atoms with Crippen LogP contribution in [0.1, 0.15) is 9.75 Å². The van der Waals surface area contributed by atoms with Crippen LogP contribution in [0.25, 0.3) is 0 Å². The smallest absolute Gasteiger partial charge is 0.139 e. The van der Waals surface area contributed by atoms with Gasteiger partial charge in [0.1, 0.15) is 17.4 Å². The van der Waals surface area contributed by atoms with Crippen molar-refractivity contribution in [3.8, 4) is 17.6 Å². The van der Waals surface area contributed by atoms with Crippen molar-refractivity contribution in [3.63, 3.8) is 0 Å². The van der Waals surface area contributed by atoms with Gasteiger partial charge in [0.25, 0.3) is 0 Å². The molecule has 0 aliphatic carbocycles. The summed E-state index contributed by atoms with van der Waals surface area (Å²) in [6.07, 6.45) is 0. The van der Waals surface area contributed by atoms with Gasteiger partial charge in [0.05, 0.1) is 16.4 Å². The van der Waals surface area contributed by atoms with Gasteiger partial charge in [-0.25, -0.2) is 0 Å². The van der Waals surface area contributed by atoms with E-state index < -0.39 is 0 Å². The zero-order chi connectivity index (χ0) is 13.7. The number of halogens is 2. The average Bonchev–Trinajstić information content (AvgIpc) is 2.86. The van der Waals surface area contributed by atoms with Gasteiger partial charge in [-0.3, -0.25) is 0 Å². The number of rotatable bonds is 3. The Balaban J connectivity index is 2.02. The third-order valence-electron chi connectivity index (χ3n) is 2.26. The zero-order valence-electron chi connectivity index (χ0n) is 9.95. The summed E-state index contributed by atoms with van der Waals surface area (Å²) in [4.78, 5) is 2.04. The third kappa shape index (κ3) is 3.89. The van der Waals surface area contributed by atoms with Gasteiger partial charge in [-0.15, -0.1) is 11.3 Å². The van der Waals surface area contributed by atoms with E-state index in [0.717, 1.165) is 9.75 Å². The van der Waals surface area contributed by atoms with Crippen LogP contribution in [-0.4, -0.2) is 6.54 Å². The standard InChI is InChI=1S/C14H11Cl2NOS/c15-12-4-1-5-13(14(12)16)18-9-11-7-6-10(19-11)3-2-8-17/h1,4-7H,8-9,17H2. The van der Waals surface area contributed by atoms with E-state index in [9.17, 15) is 0 Å². The summed E-state index contributed by atoms with van der Waals surface area (Å²) in [7, 11) is 0. The molecule has 98 valence electrons. The molecule has 2 nitrogen and oxygen atoms in total. The van der Waals surface area contributed by atoms with Crippen molar-refractivity contribution in [1.82, 2.24) is 0 Å². The molecule has 5 heteroatoms. The summed E-state index contributed by atoms with van der Waals surface area (Å²) in [5.74, 6) is 6.38. The first kappa shape index (κ1) is 14.2. The molecule has 0 saturated carbocycles. The first-order valence-electron chi connectivity index (χ1n) is 5.55. The average molecular weight is 312 g/mol. The lowest BCUT2D eigenvalue weighted by Gasteiger charge is -2.07. The Morgan fingerprint density at radius 2 is 2.05 bits per heavy atom. The fraction of sp³-hybridized carbons (Fsp3) is 0.143. The molecule has 1 heterocycles. The Morgan fingerprint density at radius 1 is 1.21 bits per heavy atom. The second-order valence-corrected chi connectivity index (χ2v) is 5.57. The molecule has 0 radical (unpaired) electrons. The van der Waals surface area contributed by atoms with Crippen LogP contribution in [-0.2, 0) is 6.61 Å². The molecule has 19 heavy (non-hydrogen) atoms. The van der Waals surface area contributed by atoms with Crippen LogP contribution in [0.15, 0.2) is 30.3 Å². The summed E-state index contributed by atoms with van der Waals surface area (Å²) >= 11 is 13.5. The van der Waals surface area contributed by atoms with Crippen molar-refractivity contribution >= 4 is 34.5 Å². The molecule has 0 unspecified atom stereocenters. The SMILES string of the molecule is NCC#Cc1ccc(COc2cccc(Cl)c2Cl)s1. The number of hydrogen-bond donors (Lipinski definition) is 1. The molecule has 0 fully saturated rings. The molecule has 0 saturated heterocycles. The van der Waals surface area contributed by atoms with Crippen LogP contribution in [0.4, 0.5) is 0 Å². The van der Waals surface area contributed by atoms with Crippen LogP contribution in [0.2, 0.25) is 10.0 Å². The van der Waals surface area contributed by atoms with E-state index >= 15 is 0 Å². The molecule has 1 aromatic carbocycles. The zero-order valence-corrected chi connectivity index (χ0v) is 12.3. The Bertz CT molecular complexity index is 628. The molecular formula is C14H11Cl2NOS. The summed E-state index contributed by atoms with van der Waals surface area (Å²) in [5.41, 5.74) is 5.33. The van der Waals surface area contributed by atoms with Gasteiger partial charge in [-0.2, -0.15) is 0 Å². The van der Waals surface area contributed by atoms with E-state index in [0.29, 0.717) is 28.9 Å². The number of hydrogen-bond acceptors (Lipinski definition) is 3. The van der Waals surface area contributed by atoms with Gasteiger partial charge in [0.15, 0.2) is 0 Å². The lowest BCUT2D eigenvalue weighted by atomic mass is 10.3. The Hall–Kier alpha value is -1.18. The van der Waals surface area contributed by atoms with Crippen LogP contribution in [0, 0.1) is 11.8 Å². The highest BCUT2D eigenvalue weighted by Gasteiger charge is 2.06. The van der Waals surface area contributed by atoms with E-state index in [-0.39, 0.29) is 0 Å². The molecule has 0 atom stereocenters. The molecule has 0 aliphatic heterocycles. The summed E-state index contributed by atoms with van der Waals surface area (Å²) in [5, 5.41) is 0.920. The first-order valence-corrected chi connectivity index (χ1v) is 7.12. The fourth-order valence-electron chi connectivity index (χ4n) is 1.41. The maximum Gasteiger partial charge on any atom is 0.139 e. The van der Waals surface area contributed by atoms with Crippen LogP contribution >= 0.6 is 34.5 Å². The largest absolute Gasteiger partial charge is 0.486 e. The molecule has 0 bridgehead atoms. The molecule has 0 amide bonds. The number of thiophene rings is 1. The maximum absolute atomic E-state index is 6.04. The lowest BCUT2D eigenvalue weighted by molar-refractivity contribution is 0.310. The van der Waals surface area contributed by atoms with Crippen LogP contribution < -0.4 is 10.5 Å². The lowest BCUT2D eigenvalue weighted by Crippen LogP contribution is -1.93. The van der Waals surface area contributed by atoms with Gasteiger partial charge in [0, 0.05) is 4.88 Å². The van der Waals surface area contributed by atoms with E-state index in [1.807, 2.05) is 12.1 Å². The summed E-state index contributed by atoms with van der Waals surface area (Å²) < 4.78 is 5.64. The summed E-state index contributed by atoms with van der Waals surface area (Å²) in [6.45, 7) is 0.802. The highest BCUT2D eigenvalue weighted by Crippen LogP contribution is 2.32. The predicted molar refractivity (Wildman–Crippen MR) is 81.0 cm³/mol. The fourth-order valence-corrected chi connectivity index (χ4v) is 2.55. The van der Waals surface area contributed by atoms with Crippen molar-refractivity contribution in [2.45, 2.75) is 6.61 Å². The summed E-state index contributed by atoms with van der Waals surface area (Å²) in [6, 6.07) is 9.24. The highest BCUT2D eigenvalue weighted by atomic mass is 35.5. The Morgan fingerprint density at radius 3 is 2.84 bits per heavy atom. The van der Waals surface area contributed by atoms with E-state index in [1.54, 1.807) is 29.5 Å². The first-order chi connectivity index (χ1) is 9.20. The minimum Gasteiger partial charge on any atom is -0.486 e.